The Hall–Kier alpha value is -2.35. The van der Waals surface area contributed by atoms with Gasteiger partial charge in [0.25, 0.3) is 5.17 Å². The van der Waals surface area contributed by atoms with E-state index in [2.05, 4.69) is 10.6 Å². The SMILES string of the molecule is OB(O)c1cc(NC(=S)SCc2ccccc2)c(Cl)cc1Cl.OB(O)c1cccc(NC(=S)Oc2ccccc2)c1Cl. The smallest absolute Gasteiger partial charge is 0.432 e. The Balaban J connectivity index is 0.000000231. The second kappa shape index (κ2) is 17.1. The number of thioether (sulfide) groups is 1. The third-order valence-corrected chi connectivity index (χ3v) is 7.86. The molecule has 0 radical (unpaired) electrons. The van der Waals surface area contributed by atoms with Crippen LogP contribution in [0.2, 0.25) is 15.1 Å². The molecular formula is C27H23B2Cl3N2O5S3. The highest BCUT2D eigenvalue weighted by Crippen LogP contribution is 2.26. The summed E-state index contributed by atoms with van der Waals surface area (Å²) in [4.78, 5) is 0. The minimum Gasteiger partial charge on any atom is -0.432 e. The molecule has 0 aromatic heterocycles. The van der Waals surface area contributed by atoms with Gasteiger partial charge < -0.3 is 35.5 Å². The van der Waals surface area contributed by atoms with Crippen LogP contribution in [0.4, 0.5) is 11.4 Å². The van der Waals surface area contributed by atoms with Crippen molar-refractivity contribution in [1.82, 2.24) is 0 Å². The molecule has 0 heterocycles. The van der Waals surface area contributed by atoms with Crippen LogP contribution >= 0.6 is 71.0 Å². The molecule has 0 spiro atoms. The Bertz CT molecular complexity index is 1510. The van der Waals surface area contributed by atoms with Gasteiger partial charge in [0.15, 0.2) is 0 Å². The average molecular weight is 680 g/mol. The highest BCUT2D eigenvalue weighted by Gasteiger charge is 2.19. The lowest BCUT2D eigenvalue weighted by atomic mass is 9.80. The lowest BCUT2D eigenvalue weighted by Crippen LogP contribution is -2.31. The number of benzene rings is 4. The standard InChI is InChI=1S/C14H12BCl2NO2S2.C13H11BClNO3S/c16-11-7-12(17)13(6-10(11)15(19)20)18-14(21)22-8-9-4-2-1-3-5-9;15-12-10(14(17)18)7-4-8-11(12)16-13(20)19-9-5-2-1-3-6-9/h1-7,19-20H,8H2,(H,18,21);1-8,17-18H,(H,16,20). The number of para-hydroxylation sites is 1. The summed E-state index contributed by atoms with van der Waals surface area (Å²) in [5.41, 5.74) is 2.45. The van der Waals surface area contributed by atoms with Crippen molar-refractivity contribution in [2.75, 3.05) is 10.6 Å². The third-order valence-electron chi connectivity index (χ3n) is 5.31. The molecule has 0 amide bonds. The van der Waals surface area contributed by atoms with Gasteiger partial charge in [-0.25, -0.2) is 0 Å². The zero-order valence-electron chi connectivity index (χ0n) is 21.6. The average Bonchev–Trinajstić information content (AvgIpc) is 2.95. The third kappa shape index (κ3) is 10.7. The van der Waals surface area contributed by atoms with E-state index in [-0.39, 0.29) is 26.1 Å². The van der Waals surface area contributed by atoms with E-state index in [1.165, 1.54) is 30.0 Å². The van der Waals surface area contributed by atoms with E-state index in [4.69, 9.17) is 64.0 Å². The molecule has 4 rings (SSSR count). The Morgan fingerprint density at radius 2 is 1.33 bits per heavy atom. The molecule has 6 N–H and O–H groups in total. The summed E-state index contributed by atoms with van der Waals surface area (Å²) in [5.74, 6) is 1.33. The van der Waals surface area contributed by atoms with Crippen molar-refractivity contribution in [3.63, 3.8) is 0 Å². The van der Waals surface area contributed by atoms with Crippen molar-refractivity contribution in [1.29, 1.82) is 0 Å². The topological polar surface area (TPSA) is 114 Å². The van der Waals surface area contributed by atoms with Crippen molar-refractivity contribution in [2.24, 2.45) is 0 Å². The summed E-state index contributed by atoms with van der Waals surface area (Å²) in [6.07, 6.45) is 0. The molecule has 0 saturated carbocycles. The minimum atomic E-state index is -1.67. The minimum absolute atomic E-state index is 0.114. The molecule has 0 saturated heterocycles. The molecule has 0 atom stereocenters. The molecule has 4 aromatic rings. The molecule has 0 unspecified atom stereocenters. The van der Waals surface area contributed by atoms with E-state index in [1.807, 2.05) is 48.5 Å². The molecule has 216 valence electrons. The highest BCUT2D eigenvalue weighted by atomic mass is 35.5. The fraction of sp³-hybridized carbons (Fsp3) is 0.0370. The van der Waals surface area contributed by atoms with Crippen LogP contribution in [0.5, 0.6) is 5.75 Å². The van der Waals surface area contributed by atoms with Gasteiger partial charge in [0.1, 0.15) is 10.1 Å². The zero-order chi connectivity index (χ0) is 30.6. The van der Waals surface area contributed by atoms with Crippen LogP contribution in [0.25, 0.3) is 0 Å². The van der Waals surface area contributed by atoms with Crippen LogP contribution in [-0.4, -0.2) is 43.8 Å². The first-order chi connectivity index (χ1) is 20.0. The van der Waals surface area contributed by atoms with Crippen molar-refractivity contribution in [3.05, 3.63) is 112 Å². The van der Waals surface area contributed by atoms with E-state index < -0.39 is 14.2 Å². The largest absolute Gasteiger partial charge is 0.490 e. The van der Waals surface area contributed by atoms with Crippen molar-refractivity contribution in [2.45, 2.75) is 5.75 Å². The van der Waals surface area contributed by atoms with Crippen LogP contribution in [0.3, 0.4) is 0 Å². The normalized spacial score (nSPS) is 10.2. The Kier molecular flexibility index (Phi) is 13.9. The van der Waals surface area contributed by atoms with Gasteiger partial charge in [0.05, 0.1) is 21.4 Å². The second-order valence-electron chi connectivity index (χ2n) is 8.32. The fourth-order valence-corrected chi connectivity index (χ4v) is 5.27. The summed E-state index contributed by atoms with van der Waals surface area (Å²) in [5, 5.41) is 43.5. The van der Waals surface area contributed by atoms with Gasteiger partial charge in [-0.15, -0.1) is 0 Å². The number of rotatable bonds is 7. The molecule has 15 heteroatoms. The molecular weight excluding hydrogens is 656 g/mol. The van der Waals surface area contributed by atoms with Gasteiger partial charge in [-0.3, -0.25) is 0 Å². The fourth-order valence-electron chi connectivity index (χ4n) is 3.31. The molecule has 0 bridgehead atoms. The van der Waals surface area contributed by atoms with Gasteiger partial charge in [-0.05, 0) is 48.1 Å². The van der Waals surface area contributed by atoms with E-state index in [0.29, 0.717) is 26.5 Å². The van der Waals surface area contributed by atoms with Gasteiger partial charge >= 0.3 is 14.2 Å². The summed E-state index contributed by atoms with van der Waals surface area (Å²) < 4.78 is 5.94. The van der Waals surface area contributed by atoms with Crippen molar-refractivity contribution >= 4 is 117 Å². The molecule has 4 aromatic carbocycles. The molecule has 7 nitrogen and oxygen atoms in total. The Morgan fingerprint density at radius 1 is 0.714 bits per heavy atom. The summed E-state index contributed by atoms with van der Waals surface area (Å²) in [7, 11) is -3.32. The number of hydrogen-bond donors (Lipinski definition) is 6. The lowest BCUT2D eigenvalue weighted by molar-refractivity contribution is 0.424. The maximum atomic E-state index is 9.27. The van der Waals surface area contributed by atoms with Crippen LogP contribution in [0.15, 0.2) is 91.0 Å². The van der Waals surface area contributed by atoms with E-state index in [0.717, 1.165) is 11.3 Å². The second-order valence-corrected chi connectivity index (χ2v) is 11.5. The molecule has 0 fully saturated rings. The Labute approximate surface area is 274 Å². The number of nitrogens with one attached hydrogen (secondary N) is 2. The number of anilines is 2. The number of halogens is 3. The van der Waals surface area contributed by atoms with Crippen molar-refractivity contribution in [3.8, 4) is 5.75 Å². The highest BCUT2D eigenvalue weighted by molar-refractivity contribution is 8.22. The van der Waals surface area contributed by atoms with Gasteiger partial charge in [0, 0.05) is 21.7 Å². The van der Waals surface area contributed by atoms with E-state index >= 15 is 0 Å². The molecule has 0 aliphatic carbocycles. The van der Waals surface area contributed by atoms with Crippen LogP contribution in [-0.2, 0) is 5.75 Å². The lowest BCUT2D eigenvalue weighted by Gasteiger charge is -2.12. The number of ether oxygens (including phenoxy) is 1. The first kappa shape index (κ1) is 34.1. The number of thiocarbonyl (C=S) groups is 2. The van der Waals surface area contributed by atoms with Gasteiger partial charge in [0.2, 0.25) is 0 Å². The summed E-state index contributed by atoms with van der Waals surface area (Å²) in [6.45, 7) is 0. The predicted molar refractivity (Wildman–Crippen MR) is 185 cm³/mol. The summed E-state index contributed by atoms with van der Waals surface area (Å²) in [6, 6.07) is 26.7. The summed E-state index contributed by atoms with van der Waals surface area (Å²) >= 11 is 29.8. The maximum Gasteiger partial charge on any atom is 0.490 e. The van der Waals surface area contributed by atoms with Crippen molar-refractivity contribution < 1.29 is 24.8 Å². The molecule has 42 heavy (non-hydrogen) atoms. The van der Waals surface area contributed by atoms with E-state index in [9.17, 15) is 20.1 Å². The van der Waals surface area contributed by atoms with Gasteiger partial charge in [-0.2, -0.15) is 0 Å². The van der Waals surface area contributed by atoms with E-state index in [1.54, 1.807) is 24.3 Å². The monoisotopic (exact) mass is 678 g/mol. The predicted octanol–water partition coefficient (Wildman–Crippen LogP) is 5.10. The first-order valence-corrected chi connectivity index (χ1v) is 15.0. The van der Waals surface area contributed by atoms with Crippen LogP contribution in [0, 0.1) is 0 Å². The van der Waals surface area contributed by atoms with Crippen LogP contribution in [0.1, 0.15) is 5.56 Å². The molecule has 0 aliphatic heterocycles. The quantitative estimate of drug-likeness (QED) is 0.117. The van der Waals surface area contributed by atoms with Gasteiger partial charge in [-0.1, -0.05) is 119 Å². The number of hydrogen-bond acceptors (Lipinski definition) is 8. The molecule has 0 aliphatic rings. The first-order valence-electron chi connectivity index (χ1n) is 12.1. The zero-order valence-corrected chi connectivity index (χ0v) is 26.3. The van der Waals surface area contributed by atoms with Crippen LogP contribution < -0.4 is 26.3 Å². The maximum absolute atomic E-state index is 9.27. The Morgan fingerprint density at radius 3 is 1.95 bits per heavy atom.